The Morgan fingerprint density at radius 3 is 2.65 bits per heavy atom. The average Bonchev–Trinajstić information content (AvgIpc) is 2.91. The molecule has 2 aromatic carbocycles. The number of hydrogen-bond acceptors (Lipinski definition) is 4. The second kappa shape index (κ2) is 6.48. The fraction of sp³-hybridized carbons (Fsp3) is 0.158. The first-order chi connectivity index (χ1) is 11.2. The first-order valence-electron chi connectivity index (χ1n) is 7.48. The molecule has 0 saturated carbocycles. The van der Waals surface area contributed by atoms with Crippen LogP contribution in [0.1, 0.15) is 23.6 Å². The minimum Gasteiger partial charge on any atom is -0.494 e. The van der Waals surface area contributed by atoms with Crippen LogP contribution < -0.4 is 4.74 Å². The number of cyclic esters (lactones) is 1. The van der Waals surface area contributed by atoms with Crippen molar-refractivity contribution in [1.82, 2.24) is 0 Å². The highest BCUT2D eigenvalue weighted by Crippen LogP contribution is 2.21. The second-order valence-corrected chi connectivity index (χ2v) is 5.21. The van der Waals surface area contributed by atoms with E-state index < -0.39 is 5.97 Å². The number of aliphatic imine (C=N–C) groups is 1. The summed E-state index contributed by atoms with van der Waals surface area (Å²) in [5.41, 5.74) is 3.05. The number of ether oxygens (including phenoxy) is 2. The molecule has 3 rings (SSSR count). The minimum absolute atomic E-state index is 0.297. The molecule has 0 fully saturated rings. The van der Waals surface area contributed by atoms with Crippen molar-refractivity contribution in [1.29, 1.82) is 0 Å². The lowest BCUT2D eigenvalue weighted by molar-refractivity contribution is -0.129. The third kappa shape index (κ3) is 3.48. The number of aryl methyl sites for hydroxylation is 1. The van der Waals surface area contributed by atoms with Gasteiger partial charge in [-0.2, -0.15) is 0 Å². The van der Waals surface area contributed by atoms with E-state index in [1.165, 1.54) is 0 Å². The van der Waals surface area contributed by atoms with Gasteiger partial charge in [0.1, 0.15) is 5.75 Å². The van der Waals surface area contributed by atoms with Gasteiger partial charge in [-0.25, -0.2) is 9.79 Å². The molecule has 0 atom stereocenters. The van der Waals surface area contributed by atoms with E-state index in [4.69, 9.17) is 9.47 Å². The Kier molecular flexibility index (Phi) is 4.24. The molecular formula is C19H17NO3. The van der Waals surface area contributed by atoms with Crippen molar-refractivity contribution in [3.8, 4) is 5.75 Å². The lowest BCUT2D eigenvalue weighted by Crippen LogP contribution is -2.05. The van der Waals surface area contributed by atoms with Crippen LogP contribution in [0, 0.1) is 6.92 Å². The maximum absolute atomic E-state index is 12.0. The Balaban J connectivity index is 1.85. The zero-order chi connectivity index (χ0) is 16.2. The van der Waals surface area contributed by atoms with Crippen molar-refractivity contribution in [3.05, 3.63) is 70.9 Å². The molecule has 0 aliphatic carbocycles. The molecule has 0 aromatic heterocycles. The molecule has 1 heterocycles. The van der Waals surface area contributed by atoms with Crippen molar-refractivity contribution >= 4 is 17.9 Å². The third-order valence-corrected chi connectivity index (χ3v) is 3.38. The molecule has 4 heteroatoms. The summed E-state index contributed by atoms with van der Waals surface area (Å²) in [7, 11) is 0. The third-order valence-electron chi connectivity index (χ3n) is 3.38. The van der Waals surface area contributed by atoms with E-state index in [0.29, 0.717) is 18.2 Å². The van der Waals surface area contributed by atoms with E-state index in [2.05, 4.69) is 4.99 Å². The number of esters is 1. The molecule has 0 N–H and O–H groups in total. The number of benzene rings is 2. The molecule has 2 aromatic rings. The van der Waals surface area contributed by atoms with Gasteiger partial charge in [0.05, 0.1) is 6.61 Å². The molecule has 0 saturated heterocycles. The molecular weight excluding hydrogens is 290 g/mol. The lowest BCUT2D eigenvalue weighted by atomic mass is 10.1. The smallest absolute Gasteiger partial charge is 0.363 e. The molecule has 1 aliphatic heterocycles. The predicted molar refractivity (Wildman–Crippen MR) is 89.4 cm³/mol. The van der Waals surface area contributed by atoms with Gasteiger partial charge >= 0.3 is 5.97 Å². The molecule has 1 aliphatic rings. The van der Waals surface area contributed by atoms with Crippen LogP contribution in [0.2, 0.25) is 0 Å². The van der Waals surface area contributed by atoms with Crippen LogP contribution in [0.4, 0.5) is 0 Å². The number of hydrogen-bond donors (Lipinski definition) is 0. The molecule has 23 heavy (non-hydrogen) atoms. The van der Waals surface area contributed by atoms with Crippen molar-refractivity contribution in [3.63, 3.8) is 0 Å². The molecule has 0 bridgehead atoms. The predicted octanol–water partition coefficient (Wildman–Crippen LogP) is 3.74. The first-order valence-corrected chi connectivity index (χ1v) is 7.48. The first kappa shape index (κ1) is 15.0. The number of carbonyl (C=O) groups is 1. The standard InChI is InChI=1S/C19H17NO3/c1-3-22-16-9-7-14(8-10-16)12-17-19(21)23-18(20-17)15-6-4-5-13(2)11-15/h4-12H,3H2,1-2H3/b17-12+. The molecule has 0 radical (unpaired) electrons. The van der Waals surface area contributed by atoms with Crippen LogP contribution in [-0.4, -0.2) is 18.5 Å². The Bertz CT molecular complexity index is 789. The monoisotopic (exact) mass is 307 g/mol. The normalized spacial score (nSPS) is 15.5. The molecule has 0 amide bonds. The lowest BCUT2D eigenvalue weighted by Gasteiger charge is -2.02. The van der Waals surface area contributed by atoms with Crippen molar-refractivity contribution in [2.75, 3.05) is 6.61 Å². The van der Waals surface area contributed by atoms with Gasteiger partial charge in [0.2, 0.25) is 5.90 Å². The summed E-state index contributed by atoms with van der Waals surface area (Å²) in [6, 6.07) is 15.2. The number of rotatable bonds is 4. The zero-order valence-electron chi connectivity index (χ0n) is 13.1. The fourth-order valence-corrected chi connectivity index (χ4v) is 2.30. The molecule has 0 unspecified atom stereocenters. The molecule has 116 valence electrons. The summed E-state index contributed by atoms with van der Waals surface area (Å²) in [4.78, 5) is 16.3. The summed E-state index contributed by atoms with van der Waals surface area (Å²) in [6.45, 7) is 4.54. The zero-order valence-corrected chi connectivity index (χ0v) is 13.1. The van der Waals surface area contributed by atoms with Crippen LogP contribution >= 0.6 is 0 Å². The van der Waals surface area contributed by atoms with E-state index in [1.807, 2.05) is 62.4 Å². The SMILES string of the molecule is CCOc1ccc(/C=C2/N=C(c3cccc(C)c3)OC2=O)cc1. The van der Waals surface area contributed by atoms with Gasteiger partial charge in [-0.05, 0) is 49.8 Å². The van der Waals surface area contributed by atoms with E-state index >= 15 is 0 Å². The number of carbonyl (C=O) groups excluding carboxylic acids is 1. The Morgan fingerprint density at radius 2 is 1.96 bits per heavy atom. The summed E-state index contributed by atoms with van der Waals surface area (Å²) < 4.78 is 10.7. The summed E-state index contributed by atoms with van der Waals surface area (Å²) in [5, 5.41) is 0. The van der Waals surface area contributed by atoms with Crippen LogP contribution in [0.15, 0.2) is 59.2 Å². The van der Waals surface area contributed by atoms with E-state index in [0.717, 1.165) is 22.4 Å². The Hall–Kier alpha value is -2.88. The van der Waals surface area contributed by atoms with Crippen molar-refractivity contribution in [2.24, 2.45) is 4.99 Å². The van der Waals surface area contributed by atoms with Gasteiger partial charge in [0.15, 0.2) is 5.70 Å². The second-order valence-electron chi connectivity index (χ2n) is 5.21. The van der Waals surface area contributed by atoms with E-state index in [1.54, 1.807) is 6.08 Å². The summed E-state index contributed by atoms with van der Waals surface area (Å²) >= 11 is 0. The van der Waals surface area contributed by atoms with Gasteiger partial charge in [-0.3, -0.25) is 0 Å². The summed E-state index contributed by atoms with van der Waals surface area (Å²) in [5.74, 6) is 0.707. The largest absolute Gasteiger partial charge is 0.494 e. The van der Waals surface area contributed by atoms with Crippen LogP contribution in [0.5, 0.6) is 5.75 Å². The van der Waals surface area contributed by atoms with Gasteiger partial charge in [-0.15, -0.1) is 0 Å². The minimum atomic E-state index is -0.435. The van der Waals surface area contributed by atoms with Gasteiger partial charge in [0.25, 0.3) is 0 Å². The van der Waals surface area contributed by atoms with Gasteiger partial charge < -0.3 is 9.47 Å². The highest BCUT2D eigenvalue weighted by molar-refractivity contribution is 6.12. The Morgan fingerprint density at radius 1 is 1.17 bits per heavy atom. The van der Waals surface area contributed by atoms with Crippen molar-refractivity contribution < 1.29 is 14.3 Å². The fourth-order valence-electron chi connectivity index (χ4n) is 2.30. The van der Waals surface area contributed by atoms with Crippen molar-refractivity contribution in [2.45, 2.75) is 13.8 Å². The van der Waals surface area contributed by atoms with Crippen LogP contribution in [-0.2, 0) is 9.53 Å². The highest BCUT2D eigenvalue weighted by atomic mass is 16.6. The van der Waals surface area contributed by atoms with Crippen LogP contribution in [0.25, 0.3) is 6.08 Å². The van der Waals surface area contributed by atoms with E-state index in [9.17, 15) is 4.79 Å². The van der Waals surface area contributed by atoms with Crippen LogP contribution in [0.3, 0.4) is 0 Å². The number of nitrogens with zero attached hydrogens (tertiary/aromatic N) is 1. The maximum atomic E-state index is 12.0. The average molecular weight is 307 g/mol. The highest BCUT2D eigenvalue weighted by Gasteiger charge is 2.24. The summed E-state index contributed by atoms with van der Waals surface area (Å²) in [6.07, 6.45) is 1.71. The topological polar surface area (TPSA) is 47.9 Å². The molecule has 4 nitrogen and oxygen atoms in total. The van der Waals surface area contributed by atoms with Gasteiger partial charge in [-0.1, -0.05) is 29.8 Å². The van der Waals surface area contributed by atoms with E-state index in [-0.39, 0.29) is 0 Å². The van der Waals surface area contributed by atoms with Gasteiger partial charge in [0, 0.05) is 5.56 Å². The quantitative estimate of drug-likeness (QED) is 0.638. The molecule has 0 spiro atoms. The maximum Gasteiger partial charge on any atom is 0.363 e. The Labute approximate surface area is 135 Å².